The van der Waals surface area contributed by atoms with Crippen LogP contribution in [-0.4, -0.2) is 41.0 Å². The lowest BCUT2D eigenvalue weighted by molar-refractivity contribution is 0.0898. The number of hydrogen-bond donors (Lipinski definition) is 0. The molecule has 0 aliphatic carbocycles. The fourth-order valence-corrected chi connectivity index (χ4v) is 3.52. The number of rotatable bonds is 6. The molecular weight excluding hydrogens is 331 g/mol. The number of fused-ring (bicyclic) bond motifs is 1. The van der Waals surface area contributed by atoms with Gasteiger partial charge in [0.25, 0.3) is 0 Å². The van der Waals surface area contributed by atoms with Gasteiger partial charge in [0, 0.05) is 30.9 Å². The van der Waals surface area contributed by atoms with Crippen molar-refractivity contribution in [3.8, 4) is 11.8 Å². The Balaban J connectivity index is 1.76. The van der Waals surface area contributed by atoms with Gasteiger partial charge in [-0.1, -0.05) is 13.8 Å². The van der Waals surface area contributed by atoms with Crippen LogP contribution in [0.25, 0.3) is 5.69 Å². The van der Waals surface area contributed by atoms with Gasteiger partial charge in [0.05, 0.1) is 37.6 Å². The summed E-state index contributed by atoms with van der Waals surface area (Å²) in [5, 5.41) is 13.1. The SMILES string of the molecule is CC1(C)Cc2c(cnn2-c2ccc(F)cc2)CN(CCOCCC#N)C1. The summed E-state index contributed by atoms with van der Waals surface area (Å²) in [5.41, 5.74) is 3.37. The number of nitrogens with zero attached hydrogens (tertiary/aromatic N) is 4. The molecule has 1 aromatic carbocycles. The van der Waals surface area contributed by atoms with Crippen LogP contribution in [-0.2, 0) is 17.7 Å². The van der Waals surface area contributed by atoms with E-state index in [-0.39, 0.29) is 11.2 Å². The number of benzene rings is 1. The van der Waals surface area contributed by atoms with Crippen molar-refractivity contribution in [3.05, 3.63) is 47.5 Å². The van der Waals surface area contributed by atoms with E-state index < -0.39 is 0 Å². The van der Waals surface area contributed by atoms with Gasteiger partial charge in [0.2, 0.25) is 0 Å². The number of ether oxygens (including phenoxy) is 1. The highest BCUT2D eigenvalue weighted by molar-refractivity contribution is 5.36. The average Bonchev–Trinajstić information content (AvgIpc) is 2.90. The predicted octanol–water partition coefficient (Wildman–Crippen LogP) is 3.33. The Morgan fingerprint density at radius 1 is 1.27 bits per heavy atom. The molecule has 0 saturated heterocycles. The second-order valence-electron chi connectivity index (χ2n) is 7.58. The Morgan fingerprint density at radius 3 is 2.77 bits per heavy atom. The van der Waals surface area contributed by atoms with Crippen molar-refractivity contribution in [2.45, 2.75) is 33.2 Å². The number of halogens is 1. The van der Waals surface area contributed by atoms with Crippen molar-refractivity contribution < 1.29 is 9.13 Å². The summed E-state index contributed by atoms with van der Waals surface area (Å²) in [6, 6.07) is 8.56. The number of hydrogen-bond acceptors (Lipinski definition) is 4. The zero-order chi connectivity index (χ0) is 18.6. The smallest absolute Gasteiger partial charge is 0.123 e. The lowest BCUT2D eigenvalue weighted by Crippen LogP contribution is -2.35. The molecule has 1 aliphatic rings. The summed E-state index contributed by atoms with van der Waals surface area (Å²) in [7, 11) is 0. The number of nitriles is 1. The van der Waals surface area contributed by atoms with Crippen LogP contribution in [0.1, 0.15) is 31.5 Å². The van der Waals surface area contributed by atoms with Crippen molar-refractivity contribution in [1.29, 1.82) is 5.26 Å². The van der Waals surface area contributed by atoms with E-state index in [1.165, 1.54) is 23.4 Å². The molecule has 138 valence electrons. The summed E-state index contributed by atoms with van der Waals surface area (Å²) < 4.78 is 20.7. The Labute approximate surface area is 154 Å². The van der Waals surface area contributed by atoms with E-state index in [1.807, 2.05) is 10.9 Å². The van der Waals surface area contributed by atoms with Gasteiger partial charge in [-0.3, -0.25) is 4.90 Å². The van der Waals surface area contributed by atoms with Gasteiger partial charge in [-0.05, 0) is 36.1 Å². The second kappa shape index (κ2) is 7.98. The Morgan fingerprint density at radius 2 is 2.04 bits per heavy atom. The van der Waals surface area contributed by atoms with Gasteiger partial charge in [0.1, 0.15) is 5.82 Å². The first-order chi connectivity index (χ1) is 12.5. The lowest BCUT2D eigenvalue weighted by atomic mass is 9.87. The van der Waals surface area contributed by atoms with E-state index in [4.69, 9.17) is 10.00 Å². The van der Waals surface area contributed by atoms with Crippen LogP contribution in [0.2, 0.25) is 0 Å². The molecule has 0 unspecified atom stereocenters. The summed E-state index contributed by atoms with van der Waals surface area (Å²) in [5.74, 6) is -0.241. The fourth-order valence-electron chi connectivity index (χ4n) is 3.52. The van der Waals surface area contributed by atoms with Crippen molar-refractivity contribution in [1.82, 2.24) is 14.7 Å². The van der Waals surface area contributed by atoms with E-state index in [9.17, 15) is 4.39 Å². The molecule has 0 spiro atoms. The molecule has 0 fully saturated rings. The quantitative estimate of drug-likeness (QED) is 0.745. The molecule has 1 aliphatic heterocycles. The van der Waals surface area contributed by atoms with Gasteiger partial charge in [-0.25, -0.2) is 9.07 Å². The summed E-state index contributed by atoms with van der Waals surface area (Å²) >= 11 is 0. The van der Waals surface area contributed by atoms with E-state index in [1.54, 1.807) is 12.1 Å². The van der Waals surface area contributed by atoms with Crippen LogP contribution in [0.3, 0.4) is 0 Å². The third-order valence-corrected chi connectivity index (χ3v) is 4.63. The van der Waals surface area contributed by atoms with Crippen LogP contribution >= 0.6 is 0 Å². The molecule has 0 radical (unpaired) electrons. The van der Waals surface area contributed by atoms with E-state index in [0.717, 1.165) is 31.7 Å². The molecule has 0 bridgehead atoms. The molecule has 2 heterocycles. The Hall–Kier alpha value is -2.23. The molecule has 26 heavy (non-hydrogen) atoms. The largest absolute Gasteiger partial charge is 0.379 e. The van der Waals surface area contributed by atoms with Gasteiger partial charge in [-0.2, -0.15) is 10.4 Å². The number of aromatic nitrogens is 2. The monoisotopic (exact) mass is 356 g/mol. The second-order valence-corrected chi connectivity index (χ2v) is 7.58. The maximum absolute atomic E-state index is 13.2. The summed E-state index contributed by atoms with van der Waals surface area (Å²) in [6.45, 7) is 8.24. The predicted molar refractivity (Wildman–Crippen MR) is 97.3 cm³/mol. The highest BCUT2D eigenvalue weighted by atomic mass is 19.1. The third kappa shape index (κ3) is 4.48. The molecule has 2 aromatic rings. The zero-order valence-electron chi connectivity index (χ0n) is 15.4. The maximum Gasteiger partial charge on any atom is 0.123 e. The van der Waals surface area contributed by atoms with Crippen LogP contribution in [0.4, 0.5) is 4.39 Å². The molecule has 5 nitrogen and oxygen atoms in total. The van der Waals surface area contributed by atoms with Crippen molar-refractivity contribution in [2.24, 2.45) is 5.41 Å². The first-order valence-corrected chi connectivity index (χ1v) is 8.97. The van der Waals surface area contributed by atoms with E-state index in [2.05, 4.69) is 29.9 Å². The highest BCUT2D eigenvalue weighted by Crippen LogP contribution is 2.31. The topological polar surface area (TPSA) is 54.1 Å². The van der Waals surface area contributed by atoms with E-state index in [0.29, 0.717) is 19.6 Å². The Bertz CT molecular complexity index is 776. The maximum atomic E-state index is 13.2. The molecule has 0 atom stereocenters. The molecule has 0 amide bonds. The van der Waals surface area contributed by atoms with Crippen LogP contribution in [0, 0.1) is 22.6 Å². The minimum Gasteiger partial charge on any atom is -0.379 e. The normalized spacial score (nSPS) is 16.7. The van der Waals surface area contributed by atoms with Crippen LogP contribution in [0.15, 0.2) is 30.5 Å². The summed E-state index contributed by atoms with van der Waals surface area (Å²) in [6.07, 6.45) is 3.26. The van der Waals surface area contributed by atoms with Gasteiger partial charge in [0.15, 0.2) is 0 Å². The summed E-state index contributed by atoms with van der Waals surface area (Å²) in [4.78, 5) is 2.38. The highest BCUT2D eigenvalue weighted by Gasteiger charge is 2.30. The van der Waals surface area contributed by atoms with Crippen molar-refractivity contribution in [3.63, 3.8) is 0 Å². The zero-order valence-corrected chi connectivity index (χ0v) is 15.4. The van der Waals surface area contributed by atoms with E-state index >= 15 is 0 Å². The minimum atomic E-state index is -0.241. The molecule has 0 N–H and O–H groups in total. The molecule has 3 rings (SSSR count). The van der Waals surface area contributed by atoms with Gasteiger partial charge in [-0.15, -0.1) is 0 Å². The third-order valence-electron chi connectivity index (χ3n) is 4.63. The molecule has 0 saturated carbocycles. The Kier molecular flexibility index (Phi) is 5.70. The van der Waals surface area contributed by atoms with Crippen molar-refractivity contribution >= 4 is 0 Å². The fraction of sp³-hybridized carbons (Fsp3) is 0.500. The standard InChI is InChI=1S/C20H25FN4O/c1-20(2)12-19-16(14-24(15-20)9-11-26-10-3-8-22)13-23-25(19)18-6-4-17(21)5-7-18/h4-7,13H,3,9-12,14-15H2,1-2H3. The minimum absolute atomic E-state index is 0.0930. The van der Waals surface area contributed by atoms with Crippen molar-refractivity contribution in [2.75, 3.05) is 26.3 Å². The van der Waals surface area contributed by atoms with Crippen LogP contribution < -0.4 is 0 Å². The first-order valence-electron chi connectivity index (χ1n) is 8.97. The first kappa shape index (κ1) is 18.6. The molecule has 1 aromatic heterocycles. The van der Waals surface area contributed by atoms with Crippen LogP contribution in [0.5, 0.6) is 0 Å². The van der Waals surface area contributed by atoms with Gasteiger partial charge < -0.3 is 4.74 Å². The van der Waals surface area contributed by atoms with Gasteiger partial charge >= 0.3 is 0 Å². The average molecular weight is 356 g/mol. The molecule has 6 heteroatoms. The molecular formula is C20H25FN4O. The lowest BCUT2D eigenvalue weighted by Gasteiger charge is -2.29.